The Bertz CT molecular complexity index is 1000. The summed E-state index contributed by atoms with van der Waals surface area (Å²) in [6.45, 7) is 5.32. The molecule has 2 saturated heterocycles. The number of hydrogen-bond acceptors (Lipinski definition) is 7. The highest BCUT2D eigenvalue weighted by Gasteiger charge is 2.36. The summed E-state index contributed by atoms with van der Waals surface area (Å²) >= 11 is 1.59. The number of fused-ring (bicyclic) bond motifs is 1. The highest BCUT2D eigenvalue weighted by molar-refractivity contribution is 7.89. The molecule has 0 bridgehead atoms. The number of nitrogens with zero attached hydrogens (tertiary/aromatic N) is 3. The first-order valence-corrected chi connectivity index (χ1v) is 12.9. The molecule has 2 fully saturated rings. The van der Waals surface area contributed by atoms with E-state index in [1.54, 1.807) is 11.3 Å². The Labute approximate surface area is 181 Å². The number of benzene rings is 1. The number of sulfonamides is 1. The van der Waals surface area contributed by atoms with Gasteiger partial charge in [0.1, 0.15) is 6.04 Å². The molecule has 0 unspecified atom stereocenters. The summed E-state index contributed by atoms with van der Waals surface area (Å²) in [6, 6.07) is 5.01. The summed E-state index contributed by atoms with van der Waals surface area (Å²) in [4.78, 5) is 19.9. The summed E-state index contributed by atoms with van der Waals surface area (Å²) in [5, 5.41) is 3.90. The third kappa shape index (κ3) is 4.61. The molecule has 3 heterocycles. The van der Waals surface area contributed by atoms with Gasteiger partial charge in [-0.1, -0.05) is 24.7 Å². The predicted octanol–water partition coefficient (Wildman–Crippen LogP) is 2.67. The van der Waals surface area contributed by atoms with Gasteiger partial charge in [-0.05, 0) is 37.5 Å². The molecule has 0 spiro atoms. The van der Waals surface area contributed by atoms with Crippen LogP contribution in [0.3, 0.4) is 0 Å². The van der Waals surface area contributed by atoms with Crippen molar-refractivity contribution in [2.75, 3.05) is 48.8 Å². The van der Waals surface area contributed by atoms with Gasteiger partial charge >= 0.3 is 0 Å². The average Bonchev–Trinajstić information content (AvgIpc) is 3.18. The second kappa shape index (κ2) is 9.17. The fraction of sp³-hybridized carbons (Fsp3) is 0.600. The molecular formula is C20H28N4O4S2. The zero-order valence-corrected chi connectivity index (χ0v) is 18.8. The molecule has 164 valence electrons. The van der Waals surface area contributed by atoms with Gasteiger partial charge in [-0.15, -0.1) is 0 Å². The lowest BCUT2D eigenvalue weighted by Gasteiger charge is -2.33. The number of ether oxygens (including phenoxy) is 1. The quantitative estimate of drug-likeness (QED) is 0.725. The lowest BCUT2D eigenvalue weighted by atomic mass is 10.0. The van der Waals surface area contributed by atoms with E-state index in [1.165, 1.54) is 4.31 Å². The molecular weight excluding hydrogens is 424 g/mol. The van der Waals surface area contributed by atoms with E-state index < -0.39 is 16.1 Å². The Kier molecular flexibility index (Phi) is 6.57. The van der Waals surface area contributed by atoms with Crippen LogP contribution in [0.4, 0.5) is 10.8 Å². The lowest BCUT2D eigenvalue weighted by Crippen LogP contribution is -2.50. The first kappa shape index (κ1) is 21.5. The highest BCUT2D eigenvalue weighted by Crippen LogP contribution is 2.31. The number of nitrogens with one attached hydrogen (secondary N) is 1. The molecule has 1 aromatic carbocycles. The van der Waals surface area contributed by atoms with Crippen LogP contribution >= 0.6 is 11.3 Å². The number of piperidine rings is 1. The van der Waals surface area contributed by atoms with Crippen LogP contribution in [0.2, 0.25) is 0 Å². The Balaban J connectivity index is 1.50. The molecule has 0 radical (unpaired) electrons. The molecule has 0 saturated carbocycles. The number of carbonyl (C=O) groups is 1. The van der Waals surface area contributed by atoms with Crippen molar-refractivity contribution < 1.29 is 17.9 Å². The van der Waals surface area contributed by atoms with Crippen LogP contribution in [0, 0.1) is 0 Å². The first-order valence-electron chi connectivity index (χ1n) is 10.5. The van der Waals surface area contributed by atoms with E-state index in [9.17, 15) is 13.2 Å². The van der Waals surface area contributed by atoms with Gasteiger partial charge in [-0.25, -0.2) is 13.4 Å². The summed E-state index contributed by atoms with van der Waals surface area (Å²) in [6.07, 6.45) is 2.75. The molecule has 2 aliphatic rings. The standard InChI is InChI=1S/C20H28N4O4S2/c1-2-13-30(26,27)24-8-4-3-5-17(24)19(25)21-15-6-7-16-18(14-15)29-20(22-16)23-9-11-28-12-10-23/h6-7,14,17H,2-5,8-13H2,1H3,(H,21,25)/t17-/m0/s1. The second-order valence-corrected chi connectivity index (χ2v) is 10.8. The minimum atomic E-state index is -3.41. The van der Waals surface area contributed by atoms with Crippen molar-refractivity contribution in [2.45, 2.75) is 38.6 Å². The van der Waals surface area contributed by atoms with Crippen LogP contribution in [0.1, 0.15) is 32.6 Å². The molecule has 0 aliphatic carbocycles. The number of thiazole rings is 1. The summed E-state index contributed by atoms with van der Waals surface area (Å²) in [5.74, 6) is -0.180. The minimum absolute atomic E-state index is 0.0773. The SMILES string of the molecule is CCCS(=O)(=O)N1CCCC[C@H]1C(=O)Nc1ccc2nc(N3CCOCC3)sc2c1. The van der Waals surface area contributed by atoms with Crippen LogP contribution in [0.5, 0.6) is 0 Å². The topological polar surface area (TPSA) is 91.8 Å². The summed E-state index contributed by atoms with van der Waals surface area (Å²) in [7, 11) is -3.41. The molecule has 30 heavy (non-hydrogen) atoms. The van der Waals surface area contributed by atoms with Crippen molar-refractivity contribution in [3.05, 3.63) is 18.2 Å². The number of morpholine rings is 1. The predicted molar refractivity (Wildman–Crippen MR) is 120 cm³/mol. The number of anilines is 2. The lowest BCUT2D eigenvalue weighted by molar-refractivity contribution is -0.120. The summed E-state index contributed by atoms with van der Waals surface area (Å²) < 4.78 is 33.0. The van der Waals surface area contributed by atoms with Gasteiger partial charge in [-0.3, -0.25) is 4.79 Å². The van der Waals surface area contributed by atoms with Crippen molar-refractivity contribution in [1.82, 2.24) is 9.29 Å². The number of amides is 1. The third-order valence-corrected chi connectivity index (χ3v) is 8.66. The molecule has 1 N–H and O–H groups in total. The number of carbonyl (C=O) groups excluding carboxylic acids is 1. The number of hydrogen-bond donors (Lipinski definition) is 1. The van der Waals surface area contributed by atoms with E-state index in [0.29, 0.717) is 38.3 Å². The van der Waals surface area contributed by atoms with Crippen molar-refractivity contribution >= 4 is 48.3 Å². The highest BCUT2D eigenvalue weighted by atomic mass is 32.2. The van der Waals surface area contributed by atoms with Gasteiger partial charge in [-0.2, -0.15) is 4.31 Å². The normalized spacial score (nSPS) is 21.1. The van der Waals surface area contributed by atoms with Gasteiger partial charge in [0.05, 0.1) is 29.2 Å². The molecule has 1 amide bonds. The van der Waals surface area contributed by atoms with Gasteiger partial charge in [0.25, 0.3) is 0 Å². The third-order valence-electron chi connectivity index (χ3n) is 5.50. The first-order chi connectivity index (χ1) is 14.5. The second-order valence-electron chi connectivity index (χ2n) is 7.71. The number of rotatable bonds is 6. The van der Waals surface area contributed by atoms with Crippen LogP contribution in [0.25, 0.3) is 10.2 Å². The Hall–Kier alpha value is -1.75. The zero-order chi connectivity index (χ0) is 21.1. The van der Waals surface area contributed by atoms with Gasteiger partial charge in [0, 0.05) is 25.3 Å². The Morgan fingerprint density at radius 1 is 1.27 bits per heavy atom. The van der Waals surface area contributed by atoms with Crippen molar-refractivity contribution in [2.24, 2.45) is 0 Å². The van der Waals surface area contributed by atoms with Crippen LogP contribution < -0.4 is 10.2 Å². The monoisotopic (exact) mass is 452 g/mol. The maximum absolute atomic E-state index is 13.0. The van der Waals surface area contributed by atoms with Gasteiger partial charge in [0.15, 0.2) is 5.13 Å². The van der Waals surface area contributed by atoms with Crippen LogP contribution in [0.15, 0.2) is 18.2 Å². The van der Waals surface area contributed by atoms with E-state index in [0.717, 1.165) is 41.3 Å². The maximum Gasteiger partial charge on any atom is 0.242 e. The molecule has 2 aromatic rings. The van der Waals surface area contributed by atoms with E-state index >= 15 is 0 Å². The fourth-order valence-corrected chi connectivity index (χ4v) is 6.78. The Morgan fingerprint density at radius 2 is 2.07 bits per heavy atom. The smallest absolute Gasteiger partial charge is 0.242 e. The molecule has 10 heteroatoms. The van der Waals surface area contributed by atoms with E-state index in [4.69, 9.17) is 9.72 Å². The van der Waals surface area contributed by atoms with Crippen LogP contribution in [-0.2, 0) is 19.6 Å². The molecule has 1 aromatic heterocycles. The van der Waals surface area contributed by atoms with Crippen LogP contribution in [-0.4, -0.2) is 68.3 Å². The van der Waals surface area contributed by atoms with E-state index in [-0.39, 0.29) is 11.7 Å². The van der Waals surface area contributed by atoms with E-state index in [1.807, 2.05) is 25.1 Å². The van der Waals surface area contributed by atoms with Crippen molar-refractivity contribution in [1.29, 1.82) is 0 Å². The number of aromatic nitrogens is 1. The van der Waals surface area contributed by atoms with Crippen molar-refractivity contribution in [3.8, 4) is 0 Å². The van der Waals surface area contributed by atoms with Gasteiger partial charge in [0.2, 0.25) is 15.9 Å². The largest absolute Gasteiger partial charge is 0.378 e. The van der Waals surface area contributed by atoms with Gasteiger partial charge < -0.3 is 15.0 Å². The fourth-order valence-electron chi connectivity index (χ4n) is 3.98. The molecule has 1 atom stereocenters. The molecule has 4 rings (SSSR count). The molecule has 8 nitrogen and oxygen atoms in total. The van der Waals surface area contributed by atoms with E-state index in [2.05, 4.69) is 10.2 Å². The van der Waals surface area contributed by atoms with Crippen molar-refractivity contribution in [3.63, 3.8) is 0 Å². The minimum Gasteiger partial charge on any atom is -0.378 e. The average molecular weight is 453 g/mol. The maximum atomic E-state index is 13.0. The zero-order valence-electron chi connectivity index (χ0n) is 17.2. The molecule has 2 aliphatic heterocycles. The summed E-state index contributed by atoms with van der Waals surface area (Å²) in [5.41, 5.74) is 1.56. The Morgan fingerprint density at radius 3 is 2.83 bits per heavy atom.